The number of hydrogen-bond acceptors (Lipinski definition) is 2. The molecule has 0 bridgehead atoms. The van der Waals surface area contributed by atoms with E-state index in [9.17, 15) is 9.59 Å². The summed E-state index contributed by atoms with van der Waals surface area (Å²) >= 11 is 0. The van der Waals surface area contributed by atoms with Gasteiger partial charge in [-0.1, -0.05) is 25.1 Å². The average Bonchev–Trinajstić information content (AvgIpc) is 2.47. The van der Waals surface area contributed by atoms with Crippen LogP contribution in [0.4, 0.5) is 0 Å². The Kier molecular flexibility index (Phi) is 4.77. The van der Waals surface area contributed by atoms with Crippen molar-refractivity contribution in [1.82, 2.24) is 10.2 Å². The monoisotopic (exact) mass is 274 g/mol. The van der Waals surface area contributed by atoms with E-state index >= 15 is 0 Å². The summed E-state index contributed by atoms with van der Waals surface area (Å²) in [5.74, 6) is 0.192. The van der Waals surface area contributed by atoms with Crippen molar-refractivity contribution < 1.29 is 9.59 Å². The molecule has 0 aliphatic carbocycles. The Morgan fingerprint density at radius 2 is 1.90 bits per heavy atom. The predicted octanol–water partition coefficient (Wildman–Crippen LogP) is 2.13. The molecule has 0 aromatic heterocycles. The van der Waals surface area contributed by atoms with Crippen molar-refractivity contribution in [1.29, 1.82) is 0 Å². The Morgan fingerprint density at radius 1 is 1.25 bits per heavy atom. The van der Waals surface area contributed by atoms with Crippen molar-refractivity contribution in [2.75, 3.05) is 13.1 Å². The third-order valence-electron chi connectivity index (χ3n) is 3.84. The Bertz CT molecular complexity index is 491. The van der Waals surface area contributed by atoms with E-state index in [1.54, 1.807) is 0 Å². The molecule has 1 aromatic rings. The molecule has 1 fully saturated rings. The van der Waals surface area contributed by atoms with E-state index in [2.05, 4.69) is 5.32 Å². The Hall–Kier alpha value is -1.84. The largest absolute Gasteiger partial charge is 0.353 e. The number of amides is 2. The fourth-order valence-electron chi connectivity index (χ4n) is 2.54. The highest BCUT2D eigenvalue weighted by Crippen LogP contribution is 2.16. The zero-order valence-corrected chi connectivity index (χ0v) is 12.2. The molecule has 0 saturated carbocycles. The molecular formula is C16H22N2O2. The zero-order valence-electron chi connectivity index (χ0n) is 12.2. The van der Waals surface area contributed by atoms with Crippen LogP contribution in [-0.4, -0.2) is 35.8 Å². The van der Waals surface area contributed by atoms with E-state index in [0.29, 0.717) is 19.5 Å². The van der Waals surface area contributed by atoms with Gasteiger partial charge in [0.1, 0.15) is 0 Å². The molecule has 2 amide bonds. The van der Waals surface area contributed by atoms with Crippen molar-refractivity contribution in [3.63, 3.8) is 0 Å². The lowest BCUT2D eigenvalue weighted by Crippen LogP contribution is -2.46. The first kappa shape index (κ1) is 14.6. The van der Waals surface area contributed by atoms with Crippen LogP contribution in [0.5, 0.6) is 0 Å². The fourth-order valence-corrected chi connectivity index (χ4v) is 2.54. The van der Waals surface area contributed by atoms with Crippen LogP contribution < -0.4 is 5.32 Å². The molecule has 4 nitrogen and oxygen atoms in total. The van der Waals surface area contributed by atoms with Gasteiger partial charge in [-0.2, -0.15) is 0 Å². The highest BCUT2D eigenvalue weighted by atomic mass is 16.2. The van der Waals surface area contributed by atoms with Gasteiger partial charge in [0, 0.05) is 31.1 Å². The number of benzene rings is 1. The number of likely N-dealkylation sites (tertiary alicyclic amines) is 1. The summed E-state index contributed by atoms with van der Waals surface area (Å²) in [4.78, 5) is 25.7. The quantitative estimate of drug-likeness (QED) is 0.918. The maximum absolute atomic E-state index is 12.4. The van der Waals surface area contributed by atoms with Crippen LogP contribution in [0, 0.1) is 6.92 Å². The number of piperidine rings is 1. The maximum atomic E-state index is 12.4. The summed E-state index contributed by atoms with van der Waals surface area (Å²) in [7, 11) is 0. The molecule has 0 spiro atoms. The van der Waals surface area contributed by atoms with Gasteiger partial charge in [0.05, 0.1) is 0 Å². The second-order valence-corrected chi connectivity index (χ2v) is 5.30. The van der Waals surface area contributed by atoms with Crippen molar-refractivity contribution in [2.24, 2.45) is 0 Å². The minimum atomic E-state index is 0.0914. The molecule has 4 heteroatoms. The number of hydrogen-bond donors (Lipinski definition) is 1. The molecule has 108 valence electrons. The molecule has 1 saturated heterocycles. The van der Waals surface area contributed by atoms with Crippen LogP contribution >= 0.6 is 0 Å². The van der Waals surface area contributed by atoms with Crippen LogP contribution in [-0.2, 0) is 4.79 Å². The summed E-state index contributed by atoms with van der Waals surface area (Å²) in [6.45, 7) is 5.23. The summed E-state index contributed by atoms with van der Waals surface area (Å²) in [5.41, 5.74) is 1.79. The van der Waals surface area contributed by atoms with Crippen LogP contribution in [0.15, 0.2) is 24.3 Å². The number of rotatable bonds is 3. The Labute approximate surface area is 120 Å². The third-order valence-corrected chi connectivity index (χ3v) is 3.84. The van der Waals surface area contributed by atoms with Crippen molar-refractivity contribution >= 4 is 11.8 Å². The van der Waals surface area contributed by atoms with Gasteiger partial charge in [-0.15, -0.1) is 0 Å². The summed E-state index contributed by atoms with van der Waals surface area (Å²) < 4.78 is 0. The lowest BCUT2D eigenvalue weighted by atomic mass is 10.0. The summed E-state index contributed by atoms with van der Waals surface area (Å²) in [6, 6.07) is 7.89. The first-order valence-corrected chi connectivity index (χ1v) is 7.26. The maximum Gasteiger partial charge on any atom is 0.254 e. The fraction of sp³-hybridized carbons (Fsp3) is 0.500. The topological polar surface area (TPSA) is 49.4 Å². The lowest BCUT2D eigenvalue weighted by molar-refractivity contribution is -0.121. The van der Waals surface area contributed by atoms with E-state index in [-0.39, 0.29) is 17.9 Å². The molecule has 2 rings (SSSR count). The number of carbonyl (C=O) groups is 2. The number of nitrogens with one attached hydrogen (secondary N) is 1. The molecule has 0 atom stereocenters. The second kappa shape index (κ2) is 6.55. The average molecular weight is 274 g/mol. The van der Waals surface area contributed by atoms with E-state index in [1.807, 2.05) is 43.0 Å². The Balaban J connectivity index is 1.92. The van der Waals surface area contributed by atoms with Crippen molar-refractivity contribution in [2.45, 2.75) is 39.2 Å². The van der Waals surface area contributed by atoms with Crippen LogP contribution in [0.25, 0.3) is 0 Å². The van der Waals surface area contributed by atoms with E-state index in [4.69, 9.17) is 0 Å². The van der Waals surface area contributed by atoms with E-state index in [0.717, 1.165) is 24.0 Å². The van der Waals surface area contributed by atoms with Crippen LogP contribution in [0.3, 0.4) is 0 Å². The molecule has 0 radical (unpaired) electrons. The molecule has 1 N–H and O–H groups in total. The smallest absolute Gasteiger partial charge is 0.254 e. The highest BCUT2D eigenvalue weighted by Gasteiger charge is 2.24. The van der Waals surface area contributed by atoms with Gasteiger partial charge in [0.15, 0.2) is 0 Å². The zero-order chi connectivity index (χ0) is 14.5. The van der Waals surface area contributed by atoms with E-state index < -0.39 is 0 Å². The van der Waals surface area contributed by atoms with Gasteiger partial charge in [-0.05, 0) is 31.4 Å². The minimum Gasteiger partial charge on any atom is -0.353 e. The van der Waals surface area contributed by atoms with Gasteiger partial charge < -0.3 is 10.2 Å². The Morgan fingerprint density at radius 3 is 2.50 bits per heavy atom. The minimum absolute atomic E-state index is 0.0914. The standard InChI is InChI=1S/C16H22N2O2/c1-3-15(19)17-13-8-10-18(11-9-13)16(20)14-7-5-4-6-12(14)2/h4-7,13H,3,8-11H2,1-2H3,(H,17,19). The summed E-state index contributed by atoms with van der Waals surface area (Å²) in [6.07, 6.45) is 2.19. The lowest BCUT2D eigenvalue weighted by Gasteiger charge is -2.32. The SMILES string of the molecule is CCC(=O)NC1CCN(C(=O)c2ccccc2C)CC1. The molecule has 20 heavy (non-hydrogen) atoms. The molecule has 1 aliphatic rings. The highest BCUT2D eigenvalue weighted by molar-refractivity contribution is 5.95. The molecular weight excluding hydrogens is 252 g/mol. The normalized spacial score (nSPS) is 16.0. The van der Waals surface area contributed by atoms with Crippen molar-refractivity contribution in [3.05, 3.63) is 35.4 Å². The van der Waals surface area contributed by atoms with Gasteiger partial charge in [-0.3, -0.25) is 9.59 Å². The molecule has 1 aromatic carbocycles. The summed E-state index contributed by atoms with van der Waals surface area (Å²) in [5, 5.41) is 3.00. The van der Waals surface area contributed by atoms with E-state index in [1.165, 1.54) is 0 Å². The van der Waals surface area contributed by atoms with Gasteiger partial charge in [0.2, 0.25) is 5.91 Å². The number of carbonyl (C=O) groups excluding carboxylic acids is 2. The second-order valence-electron chi connectivity index (χ2n) is 5.30. The van der Waals surface area contributed by atoms with Gasteiger partial charge >= 0.3 is 0 Å². The molecule has 1 aliphatic heterocycles. The first-order chi connectivity index (χ1) is 9.61. The predicted molar refractivity (Wildman–Crippen MR) is 78.5 cm³/mol. The van der Waals surface area contributed by atoms with Gasteiger partial charge in [-0.25, -0.2) is 0 Å². The molecule has 0 unspecified atom stereocenters. The van der Waals surface area contributed by atoms with Crippen molar-refractivity contribution in [3.8, 4) is 0 Å². The third kappa shape index (κ3) is 3.38. The molecule has 1 heterocycles. The first-order valence-electron chi connectivity index (χ1n) is 7.26. The van der Waals surface area contributed by atoms with Crippen LogP contribution in [0.1, 0.15) is 42.1 Å². The van der Waals surface area contributed by atoms with Crippen LogP contribution in [0.2, 0.25) is 0 Å². The number of nitrogens with zero attached hydrogens (tertiary/aromatic N) is 1. The number of aryl methyl sites for hydroxylation is 1. The van der Waals surface area contributed by atoms with Gasteiger partial charge in [0.25, 0.3) is 5.91 Å².